The summed E-state index contributed by atoms with van der Waals surface area (Å²) in [6, 6.07) is 0. The number of halogens is 13. The standard InChI is InChI=1S/C19H29F13NO4P/c1-9-35-38(34,36-10-2)11(12(3,4)5)33(13(6,7)8)37-19(31,32)17(26,27)15(22,23)14(20,21)16(24,25)18(28,29)30/h11H,9-10H2,1-8H3. The molecule has 0 saturated carbocycles. The van der Waals surface area contributed by atoms with Crippen molar-refractivity contribution in [2.24, 2.45) is 5.41 Å². The van der Waals surface area contributed by atoms with E-state index >= 15 is 0 Å². The molecule has 0 bridgehead atoms. The van der Waals surface area contributed by atoms with Crippen LogP contribution in [0.4, 0.5) is 57.1 Å². The number of hydroxylamine groups is 2. The minimum atomic E-state index is -8.09. The van der Waals surface area contributed by atoms with Crippen molar-refractivity contribution in [2.45, 2.75) is 103 Å². The molecule has 19 heteroatoms. The van der Waals surface area contributed by atoms with E-state index in [1.54, 1.807) is 0 Å². The van der Waals surface area contributed by atoms with Crippen LogP contribution in [0.1, 0.15) is 55.4 Å². The lowest BCUT2D eigenvalue weighted by atomic mass is 9.94. The van der Waals surface area contributed by atoms with Gasteiger partial charge in [-0.2, -0.15) is 62.1 Å². The second kappa shape index (κ2) is 10.9. The molecule has 0 aliphatic heterocycles. The smallest absolute Gasteiger partial charge is 0.308 e. The molecule has 1 atom stereocenters. The molecule has 0 saturated heterocycles. The molecule has 0 radical (unpaired) electrons. The maximum Gasteiger partial charge on any atom is 0.460 e. The molecule has 0 rings (SSSR count). The fraction of sp³-hybridized carbons (Fsp3) is 1.00. The van der Waals surface area contributed by atoms with Gasteiger partial charge in [0.15, 0.2) is 0 Å². The Labute approximate surface area is 210 Å². The zero-order valence-corrected chi connectivity index (χ0v) is 22.3. The van der Waals surface area contributed by atoms with E-state index in [1.165, 1.54) is 13.8 Å². The second-order valence-corrected chi connectivity index (χ2v) is 12.1. The molecule has 0 aliphatic rings. The van der Waals surface area contributed by atoms with Crippen LogP contribution in [0.5, 0.6) is 0 Å². The molecule has 0 fully saturated rings. The molecule has 0 aliphatic carbocycles. The first-order valence-corrected chi connectivity index (χ1v) is 12.3. The van der Waals surface area contributed by atoms with Crippen molar-refractivity contribution < 1.29 is 75.5 Å². The highest BCUT2D eigenvalue weighted by molar-refractivity contribution is 7.54. The molecule has 0 aromatic heterocycles. The van der Waals surface area contributed by atoms with E-state index in [-0.39, 0.29) is 5.06 Å². The molecule has 230 valence electrons. The summed E-state index contributed by atoms with van der Waals surface area (Å²) in [5.74, 6) is -33.9. The van der Waals surface area contributed by atoms with Gasteiger partial charge >= 0.3 is 43.6 Å². The Morgan fingerprint density at radius 2 is 0.974 bits per heavy atom. The maximum atomic E-state index is 14.7. The third kappa shape index (κ3) is 6.55. The van der Waals surface area contributed by atoms with Crippen LogP contribution >= 0.6 is 7.60 Å². The summed E-state index contributed by atoms with van der Waals surface area (Å²) in [5, 5.41) is -0.275. The molecule has 0 aromatic rings. The van der Waals surface area contributed by atoms with Gasteiger partial charge in [-0.05, 0) is 40.0 Å². The molecular weight excluding hydrogens is 584 g/mol. The van der Waals surface area contributed by atoms with Gasteiger partial charge in [-0.15, -0.1) is 0 Å². The number of alkyl halides is 13. The van der Waals surface area contributed by atoms with Gasteiger partial charge in [0.05, 0.1) is 13.2 Å². The molecule has 5 nitrogen and oxygen atoms in total. The highest BCUT2D eigenvalue weighted by Crippen LogP contribution is 2.63. The molecular formula is C19H29F13NO4P. The minimum Gasteiger partial charge on any atom is -0.308 e. The Balaban J connectivity index is 7.12. The summed E-state index contributed by atoms with van der Waals surface area (Å²) in [6.07, 6.45) is -14.4. The molecule has 0 heterocycles. The first-order chi connectivity index (χ1) is 16.3. The normalized spacial score (nSPS) is 16.8. The van der Waals surface area contributed by atoms with Crippen molar-refractivity contribution >= 4 is 7.60 Å². The predicted octanol–water partition coefficient (Wildman–Crippen LogP) is 8.35. The zero-order chi connectivity index (χ0) is 31.2. The Hall–Kier alpha value is -0.840. The highest BCUT2D eigenvalue weighted by Gasteiger charge is 2.91. The van der Waals surface area contributed by atoms with E-state index < -0.39 is 73.5 Å². The summed E-state index contributed by atoms with van der Waals surface area (Å²) in [5.41, 5.74) is -3.68. The molecule has 0 N–H and O–H groups in total. The van der Waals surface area contributed by atoms with Gasteiger partial charge in [0.2, 0.25) is 0 Å². The first-order valence-electron chi connectivity index (χ1n) is 10.7. The van der Waals surface area contributed by atoms with Crippen LogP contribution in [-0.4, -0.2) is 65.6 Å². The van der Waals surface area contributed by atoms with Gasteiger partial charge in [0.25, 0.3) is 0 Å². The van der Waals surface area contributed by atoms with E-state index in [0.717, 1.165) is 41.5 Å². The molecule has 0 amide bonds. The van der Waals surface area contributed by atoms with E-state index in [9.17, 15) is 61.6 Å². The fourth-order valence-corrected chi connectivity index (χ4v) is 5.66. The molecule has 38 heavy (non-hydrogen) atoms. The van der Waals surface area contributed by atoms with Gasteiger partial charge in [-0.25, -0.2) is 4.84 Å². The first kappa shape index (κ1) is 37.2. The third-order valence-electron chi connectivity index (χ3n) is 4.69. The van der Waals surface area contributed by atoms with Crippen molar-refractivity contribution in [2.75, 3.05) is 13.2 Å². The monoisotopic (exact) mass is 613 g/mol. The lowest BCUT2D eigenvalue weighted by molar-refractivity contribution is -0.499. The number of hydrogen-bond donors (Lipinski definition) is 0. The van der Waals surface area contributed by atoms with Gasteiger partial charge in [-0.1, -0.05) is 20.8 Å². The Kier molecular flexibility index (Phi) is 10.6. The predicted molar refractivity (Wildman–Crippen MR) is 108 cm³/mol. The van der Waals surface area contributed by atoms with Crippen LogP contribution in [0.15, 0.2) is 0 Å². The van der Waals surface area contributed by atoms with Crippen LogP contribution in [0.3, 0.4) is 0 Å². The van der Waals surface area contributed by atoms with Crippen LogP contribution in [0.2, 0.25) is 0 Å². The Morgan fingerprint density at radius 3 is 1.24 bits per heavy atom. The molecule has 1 unspecified atom stereocenters. The maximum absolute atomic E-state index is 14.7. The van der Waals surface area contributed by atoms with E-state index in [4.69, 9.17) is 9.05 Å². The SMILES string of the molecule is CCOP(=O)(OCC)C(N(OC(F)(F)C(F)(F)C(F)(F)C(F)(F)C(F)(F)C(F)(F)F)C(C)(C)C)C(C)(C)C. The topological polar surface area (TPSA) is 48.0 Å². The average Bonchev–Trinajstić information content (AvgIpc) is 2.64. The number of hydrogen-bond acceptors (Lipinski definition) is 5. The van der Waals surface area contributed by atoms with Crippen molar-refractivity contribution in [1.29, 1.82) is 0 Å². The lowest BCUT2D eigenvalue weighted by Crippen LogP contribution is -2.71. The van der Waals surface area contributed by atoms with E-state index in [0.29, 0.717) is 0 Å². The summed E-state index contributed by atoms with van der Waals surface area (Å²) < 4.78 is 200. The zero-order valence-electron chi connectivity index (χ0n) is 21.4. The van der Waals surface area contributed by atoms with Crippen molar-refractivity contribution in [3.05, 3.63) is 0 Å². The number of rotatable bonds is 12. The number of nitrogens with zero attached hydrogens (tertiary/aromatic N) is 1. The van der Waals surface area contributed by atoms with Gasteiger partial charge in [0.1, 0.15) is 5.78 Å². The summed E-state index contributed by atoms with van der Waals surface area (Å²) in [4.78, 5) is 3.75. The summed E-state index contributed by atoms with van der Waals surface area (Å²) >= 11 is 0. The average molecular weight is 613 g/mol. The highest BCUT2D eigenvalue weighted by atomic mass is 31.2. The van der Waals surface area contributed by atoms with Crippen molar-refractivity contribution in [3.63, 3.8) is 0 Å². The summed E-state index contributed by atoms with van der Waals surface area (Å²) in [7, 11) is -4.75. The Bertz CT molecular complexity index is 841. The molecule has 0 aromatic carbocycles. The van der Waals surface area contributed by atoms with Gasteiger partial charge in [-0.3, -0.25) is 4.57 Å². The fourth-order valence-electron chi connectivity index (χ4n) is 2.98. The van der Waals surface area contributed by atoms with E-state index in [1.807, 2.05) is 0 Å². The third-order valence-corrected chi connectivity index (χ3v) is 7.51. The van der Waals surface area contributed by atoms with Crippen LogP contribution < -0.4 is 0 Å². The van der Waals surface area contributed by atoms with E-state index in [2.05, 4.69) is 4.84 Å². The van der Waals surface area contributed by atoms with Crippen LogP contribution in [0, 0.1) is 5.41 Å². The van der Waals surface area contributed by atoms with Crippen molar-refractivity contribution in [1.82, 2.24) is 5.06 Å². The van der Waals surface area contributed by atoms with Gasteiger partial charge in [0, 0.05) is 5.54 Å². The summed E-state index contributed by atoms with van der Waals surface area (Å²) in [6.45, 7) is 7.87. The minimum absolute atomic E-state index is 0.275. The largest absolute Gasteiger partial charge is 0.460 e. The lowest BCUT2D eigenvalue weighted by Gasteiger charge is -2.49. The van der Waals surface area contributed by atoms with Crippen LogP contribution in [0.25, 0.3) is 0 Å². The quantitative estimate of drug-likeness (QED) is 0.126. The molecule has 0 spiro atoms. The van der Waals surface area contributed by atoms with Gasteiger partial charge < -0.3 is 9.05 Å². The van der Waals surface area contributed by atoms with Crippen molar-refractivity contribution in [3.8, 4) is 0 Å². The Morgan fingerprint density at radius 1 is 0.632 bits per heavy atom. The van der Waals surface area contributed by atoms with Crippen LogP contribution in [-0.2, 0) is 18.5 Å². The second-order valence-electron chi connectivity index (χ2n) is 10.0.